The second-order valence-electron chi connectivity index (χ2n) is 17.7. The molecule has 9 heterocycles. The Hall–Kier alpha value is -5.76. The fraction of sp³-hybridized carbons (Fsp3) is 0.357. The van der Waals surface area contributed by atoms with Gasteiger partial charge in [-0.25, -0.2) is 9.97 Å². The van der Waals surface area contributed by atoms with Crippen LogP contribution in [-0.2, 0) is 17.1 Å². The summed E-state index contributed by atoms with van der Waals surface area (Å²) < 4.78 is 0. The van der Waals surface area contributed by atoms with E-state index in [0.717, 1.165) is 122 Å². The van der Waals surface area contributed by atoms with E-state index in [1.165, 1.54) is 22.3 Å². The third-order valence-corrected chi connectivity index (χ3v) is 13.3. The molecule has 9 heteroatoms. The topological polar surface area (TPSA) is 70.3 Å². The summed E-state index contributed by atoms with van der Waals surface area (Å²) in [5.41, 5.74) is 12.9. The Labute approximate surface area is 397 Å². The Morgan fingerprint density at radius 2 is 0.631 bits per heavy atom. The van der Waals surface area contributed by atoms with Gasteiger partial charge in [-0.3, -0.25) is 0 Å². The standard InChI is InChI=1S/C56H66N8.Mn/c1-5-9-33-61-37-17-13-21-49(61)53-41-25-27-43(57-41)54(50-22-14-18-38-62(50)34-10-6-2)45-29-31-47(59-45)56(52-24-16-20-40-64(52)36-12-8-4)48-32-30-46(60-48)55(44-28-26-42(53)58-44)51-23-15-19-39-63(51)35-11-7-3;/h13-32,37-40,49-52,57,60H,5-12,33-36H2,1-4H3;/q;+3. The van der Waals surface area contributed by atoms with Crippen molar-refractivity contribution in [2.24, 2.45) is 0 Å². The van der Waals surface area contributed by atoms with Crippen LogP contribution in [0.15, 0.2) is 122 Å². The molecule has 8 bridgehead atoms. The number of nitrogens with zero attached hydrogens (tertiary/aromatic N) is 6. The minimum Gasteiger partial charge on any atom is -0.367 e. The van der Waals surface area contributed by atoms with Crippen molar-refractivity contribution in [1.29, 1.82) is 0 Å². The van der Waals surface area contributed by atoms with Crippen LogP contribution in [0.25, 0.3) is 46.4 Å². The largest absolute Gasteiger partial charge is 3.00 e. The van der Waals surface area contributed by atoms with Crippen LogP contribution in [0.4, 0.5) is 0 Å². The molecule has 0 saturated carbocycles. The predicted octanol–water partition coefficient (Wildman–Crippen LogP) is 13.6. The van der Waals surface area contributed by atoms with Gasteiger partial charge < -0.3 is 29.6 Å². The predicted molar refractivity (Wildman–Crippen MR) is 269 cm³/mol. The first kappa shape index (κ1) is 45.8. The van der Waals surface area contributed by atoms with Crippen molar-refractivity contribution in [3.8, 4) is 0 Å². The first-order valence-electron chi connectivity index (χ1n) is 24.2. The minimum absolute atomic E-state index is 0. The molecule has 8 nitrogen and oxygen atoms in total. The zero-order chi connectivity index (χ0) is 43.8. The summed E-state index contributed by atoms with van der Waals surface area (Å²) in [4.78, 5) is 29.5. The van der Waals surface area contributed by atoms with Crippen LogP contribution in [0, 0.1) is 0 Å². The molecule has 334 valence electrons. The van der Waals surface area contributed by atoms with Crippen LogP contribution in [0.3, 0.4) is 0 Å². The van der Waals surface area contributed by atoms with E-state index in [9.17, 15) is 0 Å². The van der Waals surface area contributed by atoms with Gasteiger partial charge in [0.15, 0.2) is 0 Å². The Morgan fingerprint density at radius 3 is 0.862 bits per heavy atom. The molecule has 3 aromatic heterocycles. The monoisotopic (exact) mass is 905 g/mol. The summed E-state index contributed by atoms with van der Waals surface area (Å²) in [7, 11) is 0. The smallest absolute Gasteiger partial charge is 0.367 e. The zero-order valence-corrected chi connectivity index (χ0v) is 39.9. The fourth-order valence-corrected chi connectivity index (χ4v) is 9.94. The second-order valence-corrected chi connectivity index (χ2v) is 17.7. The molecular weight excluding hydrogens is 840 g/mol. The van der Waals surface area contributed by atoms with Crippen LogP contribution in [-0.4, -0.2) is 65.7 Å². The van der Waals surface area contributed by atoms with Crippen LogP contribution in [0.1, 0.15) is 148 Å². The maximum absolute atomic E-state index is 5.70. The molecule has 0 spiro atoms. The molecular formula is C56H66MnN8+3. The molecule has 65 heavy (non-hydrogen) atoms. The van der Waals surface area contributed by atoms with E-state index in [1.54, 1.807) is 0 Å². The van der Waals surface area contributed by atoms with Gasteiger partial charge in [-0.1, -0.05) is 102 Å². The first-order chi connectivity index (χ1) is 31.6. The normalized spacial score (nSPS) is 20.5. The van der Waals surface area contributed by atoms with E-state index in [2.05, 4.69) is 204 Å². The van der Waals surface area contributed by atoms with Crippen molar-refractivity contribution < 1.29 is 17.1 Å². The summed E-state index contributed by atoms with van der Waals surface area (Å²) in [5.74, 6) is 0. The van der Waals surface area contributed by atoms with E-state index in [4.69, 9.17) is 9.97 Å². The van der Waals surface area contributed by atoms with E-state index in [1.807, 2.05) is 0 Å². The number of rotatable bonds is 16. The molecule has 0 fully saturated rings. The van der Waals surface area contributed by atoms with Crippen molar-refractivity contribution in [2.75, 3.05) is 26.2 Å². The summed E-state index contributed by atoms with van der Waals surface area (Å²) >= 11 is 0. The number of nitrogens with one attached hydrogen (secondary N) is 2. The van der Waals surface area contributed by atoms with Gasteiger partial charge in [-0.2, -0.15) is 0 Å². The third-order valence-electron chi connectivity index (χ3n) is 13.3. The molecule has 9 rings (SSSR count). The summed E-state index contributed by atoms with van der Waals surface area (Å²) in [6.45, 7) is 12.9. The van der Waals surface area contributed by atoms with Gasteiger partial charge in [-0.05, 0) is 123 Å². The summed E-state index contributed by atoms with van der Waals surface area (Å²) in [5, 5.41) is 0. The van der Waals surface area contributed by atoms with Crippen LogP contribution < -0.4 is 0 Å². The number of aromatic amines is 2. The van der Waals surface area contributed by atoms with Crippen LogP contribution >= 0.6 is 0 Å². The van der Waals surface area contributed by atoms with E-state index in [-0.39, 0.29) is 41.2 Å². The Kier molecular flexibility index (Phi) is 15.1. The maximum Gasteiger partial charge on any atom is 3.00 e. The van der Waals surface area contributed by atoms with E-state index < -0.39 is 0 Å². The average Bonchev–Trinajstić information content (AvgIpc) is 4.19. The Bertz CT molecular complexity index is 2290. The van der Waals surface area contributed by atoms with Gasteiger partial charge in [0, 0.05) is 70.5 Å². The van der Waals surface area contributed by atoms with Gasteiger partial charge in [0.2, 0.25) is 0 Å². The quantitative estimate of drug-likeness (QED) is 0.0962. The van der Waals surface area contributed by atoms with Gasteiger partial charge in [-0.15, -0.1) is 0 Å². The number of hydrogen-bond acceptors (Lipinski definition) is 6. The molecule has 0 radical (unpaired) electrons. The van der Waals surface area contributed by atoms with E-state index in [0.29, 0.717) is 0 Å². The van der Waals surface area contributed by atoms with Gasteiger partial charge >= 0.3 is 17.1 Å². The fourth-order valence-electron chi connectivity index (χ4n) is 9.94. The summed E-state index contributed by atoms with van der Waals surface area (Å²) in [6, 6.07) is 9.15. The van der Waals surface area contributed by atoms with E-state index >= 15 is 0 Å². The number of H-pyrrole nitrogens is 2. The van der Waals surface area contributed by atoms with Crippen LogP contribution in [0.2, 0.25) is 0 Å². The molecule has 4 unspecified atom stereocenters. The zero-order valence-electron chi connectivity index (χ0n) is 38.7. The Balaban J connectivity index is 0.00000576. The van der Waals surface area contributed by atoms with Crippen molar-refractivity contribution in [2.45, 2.75) is 103 Å². The van der Waals surface area contributed by atoms with Crippen molar-refractivity contribution >= 4 is 46.4 Å². The molecule has 0 saturated heterocycles. The van der Waals surface area contributed by atoms with Crippen LogP contribution in [0.5, 0.6) is 0 Å². The second kappa shape index (κ2) is 21.5. The van der Waals surface area contributed by atoms with Gasteiger partial charge in [0.05, 0.1) is 46.9 Å². The minimum atomic E-state index is -0.000128. The number of aromatic nitrogens is 4. The first-order valence-corrected chi connectivity index (χ1v) is 24.2. The molecule has 2 N–H and O–H groups in total. The average molecular weight is 906 g/mol. The van der Waals surface area contributed by atoms with Crippen molar-refractivity contribution in [3.63, 3.8) is 0 Å². The Morgan fingerprint density at radius 1 is 0.385 bits per heavy atom. The number of fused-ring (bicyclic) bond motifs is 8. The number of hydrogen-bond donors (Lipinski definition) is 2. The third kappa shape index (κ3) is 9.64. The number of allylic oxidation sites excluding steroid dienone is 8. The molecule has 3 aromatic rings. The molecule has 6 aliphatic heterocycles. The van der Waals surface area contributed by atoms with Gasteiger partial charge in [0.25, 0.3) is 0 Å². The number of unbranched alkanes of at least 4 members (excludes halogenated alkanes) is 4. The maximum atomic E-state index is 5.70. The van der Waals surface area contributed by atoms with Gasteiger partial charge in [0.1, 0.15) is 0 Å². The molecule has 0 aliphatic carbocycles. The molecule has 0 amide bonds. The molecule has 0 aromatic carbocycles. The SMILES string of the molecule is CCCCN1C=CC=CC1c1c2nc(c(C3C=CC=CN3CCCC)c3ccc([nH]3)c(C3C=CC=CN3CCCC)c3nc(c(C4C=CC=CN4CCCC)c4ccc1[nH]4)C=C3)C=C2.[Mn+3]. The van der Waals surface area contributed by atoms with Crippen molar-refractivity contribution in [1.82, 2.24) is 39.5 Å². The van der Waals surface area contributed by atoms with Crippen molar-refractivity contribution in [3.05, 3.63) is 167 Å². The molecule has 4 atom stereocenters. The molecule has 6 aliphatic rings. The summed E-state index contributed by atoms with van der Waals surface area (Å²) in [6.07, 6.45) is 53.9.